The van der Waals surface area contributed by atoms with Crippen LogP contribution < -0.4 is 15.5 Å². The van der Waals surface area contributed by atoms with Crippen LogP contribution in [0.3, 0.4) is 0 Å². The third kappa shape index (κ3) is 2.07. The van der Waals surface area contributed by atoms with Crippen molar-refractivity contribution in [3.05, 3.63) is 39.7 Å². The van der Waals surface area contributed by atoms with Gasteiger partial charge in [-0.25, -0.2) is 4.79 Å². The fourth-order valence-corrected chi connectivity index (χ4v) is 1.85. The number of ether oxygens (including phenoxy) is 1. The predicted octanol–water partition coefficient (Wildman–Crippen LogP) is 0.402. The van der Waals surface area contributed by atoms with Crippen LogP contribution in [0.5, 0.6) is 5.75 Å². The van der Waals surface area contributed by atoms with Crippen molar-refractivity contribution in [2.75, 3.05) is 7.11 Å². The minimum Gasteiger partial charge on any atom is -0.550 e. The highest BCUT2D eigenvalue weighted by atomic mass is 16.5. The Labute approximate surface area is 103 Å². The largest absolute Gasteiger partial charge is 0.550 e. The van der Waals surface area contributed by atoms with E-state index >= 15 is 0 Å². The summed E-state index contributed by atoms with van der Waals surface area (Å²) in [6, 6.07) is 5.04. The maximum atomic E-state index is 11.7. The molecule has 0 saturated heterocycles. The van der Waals surface area contributed by atoms with Gasteiger partial charge >= 0.3 is 5.63 Å². The highest BCUT2D eigenvalue weighted by molar-refractivity contribution is 5.83. The number of fused-ring (bicyclic) bond motifs is 1. The molecule has 0 unspecified atom stereocenters. The number of carboxylic acid groups (broad SMARTS) is 1. The van der Waals surface area contributed by atoms with Crippen LogP contribution in [0.25, 0.3) is 11.0 Å². The summed E-state index contributed by atoms with van der Waals surface area (Å²) in [6.45, 7) is 1.68. The summed E-state index contributed by atoms with van der Waals surface area (Å²) < 4.78 is 10.1. The van der Waals surface area contributed by atoms with Crippen molar-refractivity contribution in [2.45, 2.75) is 13.3 Å². The number of aryl methyl sites for hydroxylation is 1. The van der Waals surface area contributed by atoms with Crippen LogP contribution in [0.4, 0.5) is 0 Å². The molecule has 0 N–H and O–H groups in total. The maximum Gasteiger partial charge on any atom is 0.340 e. The lowest BCUT2D eigenvalue weighted by Gasteiger charge is -2.09. The molecule has 18 heavy (non-hydrogen) atoms. The van der Waals surface area contributed by atoms with Gasteiger partial charge in [-0.3, -0.25) is 0 Å². The molecule has 0 bridgehead atoms. The third-order valence-corrected chi connectivity index (χ3v) is 2.82. The van der Waals surface area contributed by atoms with Crippen molar-refractivity contribution in [1.29, 1.82) is 0 Å². The van der Waals surface area contributed by atoms with Crippen LogP contribution in [0.1, 0.15) is 11.1 Å². The van der Waals surface area contributed by atoms with Gasteiger partial charge in [-0.15, -0.1) is 0 Å². The lowest BCUT2D eigenvalue weighted by Crippen LogP contribution is -2.27. The molecule has 1 heterocycles. The smallest absolute Gasteiger partial charge is 0.340 e. The van der Waals surface area contributed by atoms with Crippen LogP contribution in [-0.2, 0) is 11.2 Å². The van der Waals surface area contributed by atoms with Gasteiger partial charge in [-0.2, -0.15) is 0 Å². The standard InChI is InChI=1S/C13H12O5/c1-7-9-4-3-8(17-2)5-11(9)18-13(16)10(7)6-12(14)15/h3-5H,6H2,1-2H3,(H,14,15)/p-1. The van der Waals surface area contributed by atoms with E-state index in [0.29, 0.717) is 22.3 Å². The van der Waals surface area contributed by atoms with E-state index in [-0.39, 0.29) is 5.56 Å². The SMILES string of the molecule is COc1ccc2c(C)c(CC(=O)[O-])c(=O)oc2c1. The van der Waals surface area contributed by atoms with Crippen molar-refractivity contribution < 1.29 is 19.1 Å². The summed E-state index contributed by atoms with van der Waals surface area (Å²) >= 11 is 0. The summed E-state index contributed by atoms with van der Waals surface area (Å²) in [7, 11) is 1.51. The van der Waals surface area contributed by atoms with E-state index in [1.165, 1.54) is 7.11 Å². The number of methoxy groups -OCH3 is 1. The molecule has 0 amide bonds. The highest BCUT2D eigenvalue weighted by Crippen LogP contribution is 2.23. The Balaban J connectivity index is 2.71. The second kappa shape index (κ2) is 4.52. The molecule has 1 aromatic heterocycles. The molecule has 2 aromatic rings. The van der Waals surface area contributed by atoms with E-state index in [1.54, 1.807) is 25.1 Å². The van der Waals surface area contributed by atoms with Gasteiger partial charge in [-0.05, 0) is 24.6 Å². The van der Waals surface area contributed by atoms with E-state index in [1.807, 2.05) is 0 Å². The molecule has 0 spiro atoms. The second-order valence-corrected chi connectivity index (χ2v) is 3.90. The normalized spacial score (nSPS) is 10.6. The van der Waals surface area contributed by atoms with Gasteiger partial charge < -0.3 is 19.1 Å². The number of carbonyl (C=O) groups is 1. The quantitative estimate of drug-likeness (QED) is 0.733. The number of hydrogen-bond donors (Lipinski definition) is 0. The highest BCUT2D eigenvalue weighted by Gasteiger charge is 2.11. The van der Waals surface area contributed by atoms with E-state index in [4.69, 9.17) is 9.15 Å². The minimum atomic E-state index is -1.31. The van der Waals surface area contributed by atoms with Crippen LogP contribution in [-0.4, -0.2) is 13.1 Å². The van der Waals surface area contributed by atoms with Crippen molar-refractivity contribution in [2.24, 2.45) is 0 Å². The van der Waals surface area contributed by atoms with Crippen LogP contribution in [0, 0.1) is 6.92 Å². The summed E-state index contributed by atoms with van der Waals surface area (Å²) in [5.41, 5.74) is 0.428. The Bertz CT molecular complexity index is 669. The lowest BCUT2D eigenvalue weighted by atomic mass is 10.0. The monoisotopic (exact) mass is 247 g/mol. The van der Waals surface area contributed by atoms with E-state index in [2.05, 4.69) is 0 Å². The Morgan fingerprint density at radius 3 is 2.78 bits per heavy atom. The molecular weight excluding hydrogens is 236 g/mol. The molecule has 0 saturated carbocycles. The number of aliphatic carboxylic acids is 1. The van der Waals surface area contributed by atoms with Gasteiger partial charge in [0.05, 0.1) is 7.11 Å². The minimum absolute atomic E-state index is 0.118. The molecule has 94 valence electrons. The zero-order valence-corrected chi connectivity index (χ0v) is 9.98. The summed E-state index contributed by atoms with van der Waals surface area (Å²) in [5, 5.41) is 11.3. The molecule has 0 atom stereocenters. The van der Waals surface area contributed by atoms with Gasteiger partial charge in [0.25, 0.3) is 0 Å². The predicted molar refractivity (Wildman–Crippen MR) is 62.5 cm³/mol. The molecule has 0 aliphatic carbocycles. The Morgan fingerprint density at radius 1 is 1.44 bits per heavy atom. The molecule has 0 aliphatic rings. The van der Waals surface area contributed by atoms with Crippen LogP contribution >= 0.6 is 0 Å². The number of rotatable bonds is 3. The maximum absolute atomic E-state index is 11.7. The summed E-state index contributed by atoms with van der Waals surface area (Å²) in [4.78, 5) is 22.3. The summed E-state index contributed by atoms with van der Waals surface area (Å²) in [5.74, 6) is -0.740. The Hall–Kier alpha value is -2.30. The van der Waals surface area contributed by atoms with E-state index in [0.717, 1.165) is 0 Å². The van der Waals surface area contributed by atoms with E-state index in [9.17, 15) is 14.7 Å². The van der Waals surface area contributed by atoms with Crippen molar-refractivity contribution in [1.82, 2.24) is 0 Å². The second-order valence-electron chi connectivity index (χ2n) is 3.90. The van der Waals surface area contributed by atoms with Gasteiger partial charge in [0.15, 0.2) is 0 Å². The number of benzene rings is 1. The van der Waals surface area contributed by atoms with Gasteiger partial charge in [0, 0.05) is 29.4 Å². The van der Waals surface area contributed by atoms with E-state index < -0.39 is 18.0 Å². The van der Waals surface area contributed by atoms with Gasteiger partial charge in [0.1, 0.15) is 11.3 Å². The molecule has 5 heteroatoms. The molecule has 5 nitrogen and oxygen atoms in total. The van der Waals surface area contributed by atoms with Crippen molar-refractivity contribution in [3.63, 3.8) is 0 Å². The molecule has 1 aromatic carbocycles. The fraction of sp³-hybridized carbons (Fsp3) is 0.231. The van der Waals surface area contributed by atoms with Crippen molar-refractivity contribution in [3.8, 4) is 5.75 Å². The Kier molecular flexibility index (Phi) is 3.06. The third-order valence-electron chi connectivity index (χ3n) is 2.82. The van der Waals surface area contributed by atoms with Gasteiger partial charge in [0.2, 0.25) is 0 Å². The first-order valence-corrected chi connectivity index (χ1v) is 5.33. The van der Waals surface area contributed by atoms with Crippen LogP contribution in [0.2, 0.25) is 0 Å². The first-order chi connectivity index (χ1) is 8.52. The topological polar surface area (TPSA) is 79.6 Å². The molecule has 2 rings (SSSR count). The molecule has 0 radical (unpaired) electrons. The summed E-state index contributed by atoms with van der Waals surface area (Å²) in [6.07, 6.45) is -0.448. The first kappa shape index (κ1) is 12.2. The fourth-order valence-electron chi connectivity index (χ4n) is 1.85. The number of hydrogen-bond acceptors (Lipinski definition) is 5. The number of carbonyl (C=O) groups excluding carboxylic acids is 1. The molecular formula is C13H11O5-. The van der Waals surface area contributed by atoms with Crippen molar-refractivity contribution >= 4 is 16.9 Å². The zero-order valence-electron chi connectivity index (χ0n) is 9.98. The molecule has 0 fully saturated rings. The lowest BCUT2D eigenvalue weighted by molar-refractivity contribution is -0.304. The number of carboxylic acids is 1. The molecule has 0 aliphatic heterocycles. The zero-order chi connectivity index (χ0) is 13.3. The van der Waals surface area contributed by atoms with Gasteiger partial charge in [-0.1, -0.05) is 0 Å². The Morgan fingerprint density at radius 2 is 2.17 bits per heavy atom. The first-order valence-electron chi connectivity index (χ1n) is 5.33. The van der Waals surface area contributed by atoms with Crippen LogP contribution in [0.15, 0.2) is 27.4 Å². The average Bonchev–Trinajstić information content (AvgIpc) is 2.33. The average molecular weight is 247 g/mol.